The molecule has 0 aromatic carbocycles. The summed E-state index contributed by atoms with van der Waals surface area (Å²) < 4.78 is 5.17. The summed E-state index contributed by atoms with van der Waals surface area (Å²) in [6.45, 7) is 9.14. The summed E-state index contributed by atoms with van der Waals surface area (Å²) in [5.74, 6) is -0.154. The van der Waals surface area contributed by atoms with E-state index >= 15 is 0 Å². The zero-order chi connectivity index (χ0) is 12.1. The van der Waals surface area contributed by atoms with E-state index in [9.17, 15) is 9.90 Å². The predicted octanol–water partition coefficient (Wildman–Crippen LogP) is 2.66. The first-order valence-corrected chi connectivity index (χ1v) is 5.54. The van der Waals surface area contributed by atoms with Gasteiger partial charge in [0.1, 0.15) is 5.60 Å². The molecule has 0 aliphatic carbocycles. The van der Waals surface area contributed by atoms with Crippen molar-refractivity contribution >= 4 is 5.97 Å². The quantitative estimate of drug-likeness (QED) is 0.567. The standard InChI is InChI=1S/C12H24O3/c1-11(2,3)15-10(13)8-6-7-9-12(4,5)14/h14H,6-9H2,1-5H3. The topological polar surface area (TPSA) is 46.5 Å². The molecule has 0 aromatic rings. The van der Waals surface area contributed by atoms with Gasteiger partial charge in [0.05, 0.1) is 5.60 Å². The largest absolute Gasteiger partial charge is 0.460 e. The summed E-state index contributed by atoms with van der Waals surface area (Å²) in [7, 11) is 0. The maximum absolute atomic E-state index is 11.3. The number of aliphatic hydroxyl groups is 1. The third-order valence-corrected chi connectivity index (χ3v) is 1.84. The highest BCUT2D eigenvalue weighted by Crippen LogP contribution is 2.14. The Morgan fingerprint density at radius 1 is 1.13 bits per heavy atom. The Morgan fingerprint density at radius 3 is 2.07 bits per heavy atom. The summed E-state index contributed by atoms with van der Waals surface area (Å²) in [5, 5.41) is 9.45. The van der Waals surface area contributed by atoms with Crippen LogP contribution in [-0.4, -0.2) is 22.3 Å². The van der Waals surface area contributed by atoms with Gasteiger partial charge in [-0.2, -0.15) is 0 Å². The molecule has 0 bridgehead atoms. The van der Waals surface area contributed by atoms with Crippen molar-refractivity contribution < 1.29 is 14.6 Å². The van der Waals surface area contributed by atoms with Crippen LogP contribution >= 0.6 is 0 Å². The molecule has 3 heteroatoms. The molecule has 0 aromatic heterocycles. The Kier molecular flexibility index (Phi) is 5.29. The van der Waals surface area contributed by atoms with Crippen LogP contribution in [0.1, 0.15) is 60.3 Å². The first-order valence-electron chi connectivity index (χ1n) is 5.54. The first kappa shape index (κ1) is 14.4. The molecule has 90 valence electrons. The zero-order valence-electron chi connectivity index (χ0n) is 10.6. The van der Waals surface area contributed by atoms with Gasteiger partial charge in [0.25, 0.3) is 0 Å². The van der Waals surface area contributed by atoms with Crippen molar-refractivity contribution in [3.05, 3.63) is 0 Å². The number of esters is 1. The molecule has 0 amide bonds. The fourth-order valence-electron chi connectivity index (χ4n) is 1.22. The molecule has 0 atom stereocenters. The molecule has 0 unspecified atom stereocenters. The van der Waals surface area contributed by atoms with Crippen LogP contribution in [0.5, 0.6) is 0 Å². The van der Waals surface area contributed by atoms with E-state index in [1.54, 1.807) is 13.8 Å². The van der Waals surface area contributed by atoms with Crippen molar-refractivity contribution in [3.8, 4) is 0 Å². The average Bonchev–Trinajstić information content (AvgIpc) is 1.92. The van der Waals surface area contributed by atoms with Gasteiger partial charge in [-0.1, -0.05) is 6.42 Å². The molecule has 0 heterocycles. The fourth-order valence-corrected chi connectivity index (χ4v) is 1.22. The van der Waals surface area contributed by atoms with Gasteiger partial charge in [-0.3, -0.25) is 4.79 Å². The Hall–Kier alpha value is -0.570. The van der Waals surface area contributed by atoms with Crippen LogP contribution in [0.25, 0.3) is 0 Å². The summed E-state index contributed by atoms with van der Waals surface area (Å²) in [5.41, 5.74) is -1.03. The van der Waals surface area contributed by atoms with E-state index in [1.165, 1.54) is 0 Å². The number of hydrogen-bond acceptors (Lipinski definition) is 3. The molecule has 0 fully saturated rings. The number of hydrogen-bond donors (Lipinski definition) is 1. The summed E-state index contributed by atoms with van der Waals surface area (Å²) in [4.78, 5) is 11.3. The molecule has 15 heavy (non-hydrogen) atoms. The van der Waals surface area contributed by atoms with Crippen molar-refractivity contribution in [2.75, 3.05) is 0 Å². The van der Waals surface area contributed by atoms with Crippen molar-refractivity contribution in [3.63, 3.8) is 0 Å². The van der Waals surface area contributed by atoms with Crippen molar-refractivity contribution in [2.24, 2.45) is 0 Å². The van der Waals surface area contributed by atoms with E-state index < -0.39 is 11.2 Å². The second kappa shape index (κ2) is 5.50. The Balaban J connectivity index is 3.57. The highest BCUT2D eigenvalue weighted by atomic mass is 16.6. The van der Waals surface area contributed by atoms with Gasteiger partial charge in [-0.15, -0.1) is 0 Å². The van der Waals surface area contributed by atoms with Gasteiger partial charge in [-0.05, 0) is 47.5 Å². The minimum Gasteiger partial charge on any atom is -0.460 e. The summed E-state index contributed by atoms with van der Waals surface area (Å²) >= 11 is 0. The average molecular weight is 216 g/mol. The lowest BCUT2D eigenvalue weighted by Gasteiger charge is -2.20. The van der Waals surface area contributed by atoms with Crippen LogP contribution in [0.4, 0.5) is 0 Å². The van der Waals surface area contributed by atoms with Crippen LogP contribution in [0.15, 0.2) is 0 Å². The maximum atomic E-state index is 11.3. The minimum atomic E-state index is -0.631. The summed E-state index contributed by atoms with van der Waals surface area (Å²) in [6, 6.07) is 0. The van der Waals surface area contributed by atoms with Crippen LogP contribution in [0.3, 0.4) is 0 Å². The number of carbonyl (C=O) groups is 1. The third-order valence-electron chi connectivity index (χ3n) is 1.84. The van der Waals surface area contributed by atoms with E-state index in [2.05, 4.69) is 0 Å². The van der Waals surface area contributed by atoms with Gasteiger partial charge < -0.3 is 9.84 Å². The molecular weight excluding hydrogens is 192 g/mol. The molecule has 0 saturated carbocycles. The highest BCUT2D eigenvalue weighted by molar-refractivity contribution is 5.69. The lowest BCUT2D eigenvalue weighted by Crippen LogP contribution is -2.24. The molecule has 0 aliphatic heterocycles. The Morgan fingerprint density at radius 2 is 1.67 bits per heavy atom. The monoisotopic (exact) mass is 216 g/mol. The lowest BCUT2D eigenvalue weighted by molar-refractivity contribution is -0.155. The molecule has 0 spiro atoms. The number of rotatable bonds is 5. The van der Waals surface area contributed by atoms with E-state index in [0.717, 1.165) is 19.3 Å². The molecule has 1 N–H and O–H groups in total. The Labute approximate surface area is 92.8 Å². The van der Waals surface area contributed by atoms with Gasteiger partial charge >= 0.3 is 5.97 Å². The lowest BCUT2D eigenvalue weighted by atomic mass is 10.0. The molecule has 3 nitrogen and oxygen atoms in total. The van der Waals surface area contributed by atoms with E-state index in [4.69, 9.17) is 4.74 Å². The van der Waals surface area contributed by atoms with Crippen LogP contribution in [0, 0.1) is 0 Å². The molecule has 0 aliphatic rings. The fraction of sp³-hybridized carbons (Fsp3) is 0.917. The molecule has 0 saturated heterocycles. The van der Waals surface area contributed by atoms with Gasteiger partial charge in [0, 0.05) is 6.42 Å². The normalized spacial score (nSPS) is 12.7. The minimum absolute atomic E-state index is 0.154. The van der Waals surface area contributed by atoms with Crippen molar-refractivity contribution in [1.29, 1.82) is 0 Å². The van der Waals surface area contributed by atoms with E-state index in [1.807, 2.05) is 20.8 Å². The van der Waals surface area contributed by atoms with Gasteiger partial charge in [-0.25, -0.2) is 0 Å². The van der Waals surface area contributed by atoms with Crippen molar-refractivity contribution in [1.82, 2.24) is 0 Å². The molecule has 0 radical (unpaired) electrons. The SMILES string of the molecule is CC(C)(O)CCCCC(=O)OC(C)(C)C. The second-order valence-electron chi connectivity index (χ2n) is 5.61. The van der Waals surface area contributed by atoms with Crippen LogP contribution < -0.4 is 0 Å². The van der Waals surface area contributed by atoms with Crippen molar-refractivity contribution in [2.45, 2.75) is 71.5 Å². The Bertz CT molecular complexity index is 196. The zero-order valence-corrected chi connectivity index (χ0v) is 10.6. The second-order valence-corrected chi connectivity index (χ2v) is 5.61. The first-order chi connectivity index (χ1) is 6.60. The molecular formula is C12H24O3. The smallest absolute Gasteiger partial charge is 0.306 e. The maximum Gasteiger partial charge on any atom is 0.306 e. The number of unbranched alkanes of at least 4 members (excludes halogenated alkanes) is 1. The molecule has 0 rings (SSSR count). The third kappa shape index (κ3) is 11.4. The number of ether oxygens (including phenoxy) is 1. The van der Waals surface area contributed by atoms with Crippen LogP contribution in [0.2, 0.25) is 0 Å². The number of carbonyl (C=O) groups excluding carboxylic acids is 1. The van der Waals surface area contributed by atoms with Crippen LogP contribution in [-0.2, 0) is 9.53 Å². The van der Waals surface area contributed by atoms with Gasteiger partial charge in [0.2, 0.25) is 0 Å². The van der Waals surface area contributed by atoms with E-state index in [-0.39, 0.29) is 5.97 Å². The highest BCUT2D eigenvalue weighted by Gasteiger charge is 2.16. The summed E-state index contributed by atoms with van der Waals surface area (Å²) in [6.07, 6.45) is 2.78. The predicted molar refractivity (Wildman–Crippen MR) is 60.6 cm³/mol. The van der Waals surface area contributed by atoms with Gasteiger partial charge in [0.15, 0.2) is 0 Å². The van der Waals surface area contributed by atoms with E-state index in [0.29, 0.717) is 6.42 Å².